The maximum atomic E-state index is 12.7. The van der Waals surface area contributed by atoms with E-state index in [4.69, 9.17) is 0 Å². The lowest BCUT2D eigenvalue weighted by atomic mass is 10.0. The van der Waals surface area contributed by atoms with Gasteiger partial charge in [-0.05, 0) is 18.4 Å². The summed E-state index contributed by atoms with van der Waals surface area (Å²) in [6, 6.07) is 7.66. The number of hydrogen-bond acceptors (Lipinski definition) is 4. The van der Waals surface area contributed by atoms with Gasteiger partial charge >= 0.3 is 5.69 Å². The molecule has 0 spiro atoms. The van der Waals surface area contributed by atoms with Gasteiger partial charge in [0.05, 0.1) is 12.9 Å². The number of fused-ring (bicyclic) bond motifs is 1. The topological polar surface area (TPSA) is 78.9 Å². The summed E-state index contributed by atoms with van der Waals surface area (Å²) in [5.41, 5.74) is 1.47. The number of hydrogen-bond donors (Lipinski definition) is 0. The first-order valence-electron chi connectivity index (χ1n) is 9.67. The number of benzene rings is 1. The predicted octanol–water partition coefficient (Wildman–Crippen LogP) is 2.44. The van der Waals surface area contributed by atoms with Crippen LogP contribution in [0.5, 0.6) is 0 Å². The molecule has 0 aliphatic carbocycles. The van der Waals surface area contributed by atoms with Crippen molar-refractivity contribution >= 4 is 16.9 Å². The van der Waals surface area contributed by atoms with Crippen LogP contribution in [0.25, 0.3) is 11.2 Å². The van der Waals surface area contributed by atoms with E-state index in [2.05, 4.69) is 11.9 Å². The summed E-state index contributed by atoms with van der Waals surface area (Å²) in [7, 11) is 2.98. The Hall–Kier alpha value is -2.96. The van der Waals surface area contributed by atoms with E-state index in [0.717, 1.165) is 17.4 Å². The smallest absolute Gasteiger partial charge is 0.317 e. The molecule has 0 atom stereocenters. The second-order valence-electron chi connectivity index (χ2n) is 7.18. The van der Waals surface area contributed by atoms with Gasteiger partial charge in [-0.2, -0.15) is 0 Å². The van der Waals surface area contributed by atoms with Gasteiger partial charge in [-0.15, -0.1) is 0 Å². The van der Waals surface area contributed by atoms with Crippen molar-refractivity contribution in [3.8, 4) is 0 Å². The van der Waals surface area contributed by atoms with Gasteiger partial charge < -0.3 is 4.57 Å². The minimum Gasteiger partial charge on any atom is -0.317 e. The highest BCUT2D eigenvalue weighted by atomic mass is 16.2. The van der Waals surface area contributed by atoms with Gasteiger partial charge in [0, 0.05) is 19.7 Å². The van der Waals surface area contributed by atoms with Crippen molar-refractivity contribution in [2.75, 3.05) is 0 Å². The highest BCUT2D eigenvalue weighted by Gasteiger charge is 2.16. The Morgan fingerprint density at radius 2 is 1.71 bits per heavy atom. The fraction of sp³-hybridized carbons (Fsp3) is 0.429. The Morgan fingerprint density at radius 3 is 2.39 bits per heavy atom. The third-order valence-corrected chi connectivity index (χ3v) is 5.13. The minimum atomic E-state index is -0.453. The average molecular weight is 382 g/mol. The van der Waals surface area contributed by atoms with E-state index in [1.165, 1.54) is 47.3 Å². The molecule has 0 N–H and O–H groups in total. The zero-order chi connectivity index (χ0) is 20.3. The van der Waals surface area contributed by atoms with Gasteiger partial charge in [0.25, 0.3) is 5.56 Å². The van der Waals surface area contributed by atoms with Crippen LogP contribution < -0.4 is 11.2 Å². The molecular formula is C21H26N4O3. The molecule has 3 rings (SSSR count). The van der Waals surface area contributed by atoms with Crippen LogP contribution >= 0.6 is 0 Å². The van der Waals surface area contributed by atoms with Crippen molar-refractivity contribution in [3.05, 3.63) is 62.6 Å². The first kappa shape index (κ1) is 19.8. The van der Waals surface area contributed by atoms with Crippen LogP contribution in [-0.4, -0.2) is 24.5 Å². The molecule has 2 heterocycles. The second-order valence-corrected chi connectivity index (χ2v) is 7.18. The number of nitrogens with zero attached hydrogens (tertiary/aromatic N) is 4. The van der Waals surface area contributed by atoms with Gasteiger partial charge in [-0.1, -0.05) is 50.5 Å². The van der Waals surface area contributed by atoms with Crippen LogP contribution in [0.4, 0.5) is 0 Å². The maximum Gasteiger partial charge on any atom is 0.332 e. The molecule has 148 valence electrons. The number of carbonyl (C=O) groups excluding carboxylic acids is 1. The van der Waals surface area contributed by atoms with E-state index in [1.807, 2.05) is 24.3 Å². The highest BCUT2D eigenvalue weighted by Crippen LogP contribution is 2.12. The summed E-state index contributed by atoms with van der Waals surface area (Å²) in [4.78, 5) is 41.3. The number of unbranched alkanes of at least 4 members (excludes halogenated alkanes) is 3. The SMILES string of the molecule is CCCCCCc1ccc(C(=O)Cn2cnc3c2c(=O)n(C)c(=O)n3C)cc1. The second kappa shape index (κ2) is 8.37. The van der Waals surface area contributed by atoms with Gasteiger partial charge in [-0.3, -0.25) is 18.7 Å². The van der Waals surface area contributed by atoms with Gasteiger partial charge in [-0.25, -0.2) is 9.78 Å². The third-order valence-electron chi connectivity index (χ3n) is 5.13. The van der Waals surface area contributed by atoms with E-state index in [-0.39, 0.29) is 23.5 Å². The minimum absolute atomic E-state index is 0.000208. The molecule has 0 saturated carbocycles. The Kier molecular flexibility index (Phi) is 5.92. The van der Waals surface area contributed by atoms with Crippen LogP contribution in [0.3, 0.4) is 0 Å². The zero-order valence-electron chi connectivity index (χ0n) is 16.6. The summed E-state index contributed by atoms with van der Waals surface area (Å²) in [5.74, 6) is -0.104. The molecule has 0 saturated heterocycles. The average Bonchev–Trinajstić information content (AvgIpc) is 3.12. The van der Waals surface area contributed by atoms with Crippen LogP contribution in [0.15, 0.2) is 40.2 Å². The van der Waals surface area contributed by atoms with Gasteiger partial charge in [0.2, 0.25) is 0 Å². The summed E-state index contributed by atoms with van der Waals surface area (Å²) >= 11 is 0. The first-order valence-corrected chi connectivity index (χ1v) is 9.67. The number of Topliss-reactive ketones (excluding diaryl/α,β-unsaturated/α-hetero) is 1. The number of aromatic nitrogens is 4. The van der Waals surface area contributed by atoms with Crippen molar-refractivity contribution in [2.45, 2.75) is 45.6 Å². The molecule has 0 aliphatic rings. The molecule has 7 nitrogen and oxygen atoms in total. The normalized spacial score (nSPS) is 11.2. The van der Waals surface area contributed by atoms with Crippen LogP contribution in [0.1, 0.15) is 48.5 Å². The highest BCUT2D eigenvalue weighted by molar-refractivity contribution is 5.96. The van der Waals surface area contributed by atoms with Crippen LogP contribution in [-0.2, 0) is 27.1 Å². The third kappa shape index (κ3) is 3.83. The number of rotatable bonds is 8. The fourth-order valence-electron chi connectivity index (χ4n) is 3.38. The molecule has 3 aromatic rings. The molecule has 0 unspecified atom stereocenters. The Bertz CT molecular complexity index is 1100. The lowest BCUT2D eigenvalue weighted by molar-refractivity contribution is 0.0973. The number of aryl methyl sites for hydroxylation is 2. The van der Waals surface area contributed by atoms with Gasteiger partial charge in [0.15, 0.2) is 16.9 Å². The first-order chi connectivity index (χ1) is 13.4. The molecule has 0 amide bonds. The number of ketones is 1. The van der Waals surface area contributed by atoms with Crippen LogP contribution in [0.2, 0.25) is 0 Å². The molecule has 0 aliphatic heterocycles. The molecule has 0 fully saturated rings. The molecule has 0 radical (unpaired) electrons. The summed E-state index contributed by atoms with van der Waals surface area (Å²) < 4.78 is 3.85. The van der Waals surface area contributed by atoms with Crippen molar-refractivity contribution in [1.82, 2.24) is 18.7 Å². The van der Waals surface area contributed by atoms with E-state index in [9.17, 15) is 14.4 Å². The summed E-state index contributed by atoms with van der Waals surface area (Å²) in [6.07, 6.45) is 7.30. The molecule has 0 bridgehead atoms. The van der Waals surface area contributed by atoms with E-state index < -0.39 is 11.2 Å². The van der Waals surface area contributed by atoms with Gasteiger partial charge in [0.1, 0.15) is 0 Å². The van der Waals surface area contributed by atoms with Crippen molar-refractivity contribution in [3.63, 3.8) is 0 Å². The van der Waals surface area contributed by atoms with Crippen molar-refractivity contribution < 1.29 is 4.79 Å². The van der Waals surface area contributed by atoms with Crippen LogP contribution in [0, 0.1) is 0 Å². The van der Waals surface area contributed by atoms with E-state index in [1.54, 1.807) is 7.05 Å². The monoisotopic (exact) mass is 382 g/mol. The standard InChI is InChI=1S/C21H26N4O3/c1-4-5-6-7-8-15-9-11-16(12-10-15)17(26)13-25-14-22-19-18(25)20(27)24(3)21(28)23(19)2/h9-12,14H,4-8,13H2,1-3H3. The molecule has 1 aromatic carbocycles. The lowest BCUT2D eigenvalue weighted by Crippen LogP contribution is -2.37. The Labute approximate surface area is 163 Å². The Balaban J connectivity index is 1.78. The lowest BCUT2D eigenvalue weighted by Gasteiger charge is -2.07. The van der Waals surface area contributed by atoms with E-state index in [0.29, 0.717) is 5.56 Å². The number of imidazole rings is 1. The zero-order valence-corrected chi connectivity index (χ0v) is 16.6. The van der Waals surface area contributed by atoms with Crippen molar-refractivity contribution in [1.29, 1.82) is 0 Å². The summed E-state index contributed by atoms with van der Waals surface area (Å²) in [5, 5.41) is 0. The van der Waals surface area contributed by atoms with E-state index >= 15 is 0 Å². The number of carbonyl (C=O) groups is 1. The Morgan fingerprint density at radius 1 is 1.00 bits per heavy atom. The maximum absolute atomic E-state index is 12.7. The molecular weight excluding hydrogens is 356 g/mol. The largest absolute Gasteiger partial charge is 0.332 e. The molecule has 2 aromatic heterocycles. The molecule has 28 heavy (non-hydrogen) atoms. The predicted molar refractivity (Wildman–Crippen MR) is 109 cm³/mol. The summed E-state index contributed by atoms with van der Waals surface area (Å²) in [6.45, 7) is 2.19. The van der Waals surface area contributed by atoms with Crippen molar-refractivity contribution in [2.24, 2.45) is 14.1 Å². The fourth-order valence-corrected chi connectivity index (χ4v) is 3.38. The quantitative estimate of drug-likeness (QED) is 0.443. The molecule has 7 heteroatoms.